The molecule has 1 N–H and O–H groups in total. The van der Waals surface area contributed by atoms with Crippen molar-refractivity contribution in [1.82, 2.24) is 9.46 Å². The van der Waals surface area contributed by atoms with E-state index < -0.39 is 10.0 Å². The number of nitrogens with one attached hydrogen (secondary N) is 1. The molecule has 1 aliphatic heterocycles. The highest BCUT2D eigenvalue weighted by molar-refractivity contribution is 7.89. The third-order valence-electron chi connectivity index (χ3n) is 5.22. The third-order valence-corrected chi connectivity index (χ3v) is 7.11. The molecule has 0 bridgehead atoms. The minimum atomic E-state index is -3.56. The summed E-state index contributed by atoms with van der Waals surface area (Å²) < 4.78 is 32.6. The number of anilines is 1. The third kappa shape index (κ3) is 4.04. The topological polar surface area (TPSA) is 92.5 Å². The van der Waals surface area contributed by atoms with Gasteiger partial charge in [-0.05, 0) is 49.6 Å². The van der Waals surface area contributed by atoms with Crippen LogP contribution in [0.1, 0.15) is 30.5 Å². The first-order chi connectivity index (χ1) is 13.9. The van der Waals surface area contributed by atoms with E-state index in [9.17, 15) is 13.2 Å². The van der Waals surface area contributed by atoms with Crippen molar-refractivity contribution in [1.29, 1.82) is 0 Å². The molecule has 1 aromatic heterocycles. The van der Waals surface area contributed by atoms with E-state index in [1.54, 1.807) is 18.2 Å². The van der Waals surface area contributed by atoms with Crippen LogP contribution in [0.3, 0.4) is 0 Å². The maximum absolute atomic E-state index is 12.9. The molecule has 8 heteroatoms. The molecule has 0 radical (unpaired) electrons. The zero-order valence-electron chi connectivity index (χ0n) is 16.2. The van der Waals surface area contributed by atoms with Gasteiger partial charge in [-0.25, -0.2) is 8.42 Å². The number of rotatable bonds is 5. The molecule has 1 saturated heterocycles. The summed E-state index contributed by atoms with van der Waals surface area (Å²) in [4.78, 5) is 12.8. The van der Waals surface area contributed by atoms with Crippen molar-refractivity contribution in [3.8, 4) is 0 Å². The van der Waals surface area contributed by atoms with Gasteiger partial charge in [-0.2, -0.15) is 4.31 Å². The number of benzene rings is 2. The first-order valence-corrected chi connectivity index (χ1v) is 11.1. The lowest BCUT2D eigenvalue weighted by Gasteiger charge is -2.26. The van der Waals surface area contributed by atoms with Crippen molar-refractivity contribution in [3.05, 3.63) is 53.7 Å². The lowest BCUT2D eigenvalue weighted by molar-refractivity contribution is -0.115. The number of hydrogen-bond acceptors (Lipinski definition) is 5. The highest BCUT2D eigenvalue weighted by atomic mass is 32.2. The summed E-state index contributed by atoms with van der Waals surface area (Å²) in [5.74, 6) is -0.278. The van der Waals surface area contributed by atoms with E-state index in [1.807, 2.05) is 25.1 Å². The van der Waals surface area contributed by atoms with Crippen LogP contribution in [0.4, 0.5) is 5.69 Å². The zero-order chi connectivity index (χ0) is 20.4. The molecule has 2 heterocycles. The smallest absolute Gasteiger partial charge is 0.243 e. The predicted molar refractivity (Wildman–Crippen MR) is 110 cm³/mol. The molecule has 0 spiro atoms. The lowest BCUT2D eigenvalue weighted by Crippen LogP contribution is -2.35. The lowest BCUT2D eigenvalue weighted by atomic mass is 10.1. The summed E-state index contributed by atoms with van der Waals surface area (Å²) in [5.41, 5.74) is 2.45. The number of aromatic nitrogens is 1. The predicted octanol–water partition coefficient (Wildman–Crippen LogP) is 3.49. The van der Waals surface area contributed by atoms with E-state index in [4.69, 9.17) is 4.52 Å². The normalized spacial score (nSPS) is 15.5. The van der Waals surface area contributed by atoms with Crippen LogP contribution in [0.5, 0.6) is 0 Å². The van der Waals surface area contributed by atoms with E-state index in [0.717, 1.165) is 30.2 Å². The molecule has 7 nitrogen and oxygen atoms in total. The van der Waals surface area contributed by atoms with Gasteiger partial charge in [0.25, 0.3) is 0 Å². The maximum Gasteiger partial charge on any atom is 0.243 e. The highest BCUT2D eigenvalue weighted by Gasteiger charge is 2.26. The summed E-state index contributed by atoms with van der Waals surface area (Å²) in [6.45, 7) is 2.91. The highest BCUT2D eigenvalue weighted by Crippen LogP contribution is 2.26. The Morgan fingerprint density at radius 2 is 1.90 bits per heavy atom. The maximum atomic E-state index is 12.9. The molecule has 1 amide bonds. The second-order valence-corrected chi connectivity index (χ2v) is 9.23. The molecule has 1 aliphatic rings. The molecule has 2 aromatic carbocycles. The van der Waals surface area contributed by atoms with Gasteiger partial charge in [0, 0.05) is 24.2 Å². The van der Waals surface area contributed by atoms with Crippen LogP contribution in [0.25, 0.3) is 11.0 Å². The van der Waals surface area contributed by atoms with Crippen LogP contribution in [0, 0.1) is 6.92 Å². The summed E-state index contributed by atoms with van der Waals surface area (Å²) >= 11 is 0. The molecule has 0 aliphatic carbocycles. The Morgan fingerprint density at radius 1 is 1.14 bits per heavy atom. The van der Waals surface area contributed by atoms with Gasteiger partial charge < -0.3 is 9.84 Å². The van der Waals surface area contributed by atoms with Crippen LogP contribution < -0.4 is 5.32 Å². The van der Waals surface area contributed by atoms with Crippen molar-refractivity contribution in [3.63, 3.8) is 0 Å². The Balaban J connectivity index is 1.54. The van der Waals surface area contributed by atoms with E-state index in [2.05, 4.69) is 10.5 Å². The first-order valence-electron chi connectivity index (χ1n) is 9.69. The second-order valence-electron chi connectivity index (χ2n) is 7.29. The number of aryl methyl sites for hydroxylation is 1. The Hall–Kier alpha value is -2.71. The van der Waals surface area contributed by atoms with Crippen LogP contribution in [0.15, 0.2) is 51.9 Å². The first kappa shape index (κ1) is 19.6. The standard InChI is InChI=1S/C21H23N3O4S/c1-15-9-10-16(29(26,27)24-11-5-2-6-12-24)13-18(15)22-21(25)14-19-17-7-3-4-8-20(17)28-23-19/h3-4,7-10,13H,2,5-6,11-12,14H2,1H3,(H,22,25). The fraction of sp³-hybridized carbons (Fsp3) is 0.333. The second kappa shape index (κ2) is 7.96. The number of piperidine rings is 1. The van der Waals surface area contributed by atoms with E-state index in [0.29, 0.717) is 30.1 Å². The number of sulfonamides is 1. The minimum absolute atomic E-state index is 0.0412. The molecular weight excluding hydrogens is 390 g/mol. The monoisotopic (exact) mass is 413 g/mol. The molecule has 0 saturated carbocycles. The largest absolute Gasteiger partial charge is 0.356 e. The SMILES string of the molecule is Cc1ccc(S(=O)(=O)N2CCCCC2)cc1NC(=O)Cc1noc2ccccc12. The number of fused-ring (bicyclic) bond motifs is 1. The quantitative estimate of drug-likeness (QED) is 0.691. The summed E-state index contributed by atoms with van der Waals surface area (Å²) in [6, 6.07) is 12.2. The van der Waals surface area contributed by atoms with Crippen molar-refractivity contribution in [2.45, 2.75) is 37.5 Å². The number of para-hydroxylation sites is 1. The average Bonchev–Trinajstić information content (AvgIpc) is 3.13. The van der Waals surface area contributed by atoms with Gasteiger partial charge >= 0.3 is 0 Å². The van der Waals surface area contributed by atoms with Crippen molar-refractivity contribution >= 4 is 32.6 Å². The molecule has 4 rings (SSSR count). The molecule has 0 atom stereocenters. The number of nitrogens with zero attached hydrogens (tertiary/aromatic N) is 2. The van der Waals surface area contributed by atoms with Crippen LogP contribution in [-0.4, -0.2) is 36.9 Å². The van der Waals surface area contributed by atoms with Gasteiger partial charge in [0.1, 0.15) is 5.69 Å². The fourth-order valence-corrected chi connectivity index (χ4v) is 5.11. The molecule has 152 valence electrons. The number of hydrogen-bond donors (Lipinski definition) is 1. The van der Waals surface area contributed by atoms with Gasteiger partial charge in [0.15, 0.2) is 5.58 Å². The van der Waals surface area contributed by atoms with E-state index in [-0.39, 0.29) is 17.2 Å². The Kier molecular flexibility index (Phi) is 5.38. The molecule has 3 aromatic rings. The fourth-order valence-electron chi connectivity index (χ4n) is 3.56. The zero-order valence-corrected chi connectivity index (χ0v) is 17.0. The van der Waals surface area contributed by atoms with E-state index in [1.165, 1.54) is 10.4 Å². The van der Waals surface area contributed by atoms with Crippen LogP contribution >= 0.6 is 0 Å². The summed E-state index contributed by atoms with van der Waals surface area (Å²) in [7, 11) is -3.56. The van der Waals surface area contributed by atoms with Gasteiger partial charge in [0.05, 0.1) is 11.3 Å². The van der Waals surface area contributed by atoms with Crippen LogP contribution in [-0.2, 0) is 21.2 Å². The number of carbonyl (C=O) groups excluding carboxylic acids is 1. The van der Waals surface area contributed by atoms with Crippen molar-refractivity contribution in [2.24, 2.45) is 0 Å². The summed E-state index contributed by atoms with van der Waals surface area (Å²) in [5, 5.41) is 7.60. The molecule has 0 unspecified atom stereocenters. The van der Waals surface area contributed by atoms with Crippen molar-refractivity contribution < 1.29 is 17.7 Å². The van der Waals surface area contributed by atoms with E-state index >= 15 is 0 Å². The Labute approximate surface area is 169 Å². The molecular formula is C21H23N3O4S. The molecule has 1 fully saturated rings. The summed E-state index contributed by atoms with van der Waals surface area (Å²) in [6.07, 6.45) is 2.85. The van der Waals surface area contributed by atoms with Gasteiger partial charge in [0.2, 0.25) is 15.9 Å². The Morgan fingerprint density at radius 3 is 2.69 bits per heavy atom. The number of amides is 1. The minimum Gasteiger partial charge on any atom is -0.356 e. The van der Waals surface area contributed by atoms with Crippen molar-refractivity contribution in [2.75, 3.05) is 18.4 Å². The van der Waals surface area contributed by atoms with Gasteiger partial charge in [-0.1, -0.05) is 29.8 Å². The number of carbonyl (C=O) groups is 1. The Bertz CT molecular complexity index is 1150. The van der Waals surface area contributed by atoms with Crippen LogP contribution in [0.2, 0.25) is 0 Å². The molecule has 29 heavy (non-hydrogen) atoms. The van der Waals surface area contributed by atoms with Gasteiger partial charge in [-0.15, -0.1) is 0 Å². The average molecular weight is 413 g/mol. The van der Waals surface area contributed by atoms with Gasteiger partial charge in [-0.3, -0.25) is 4.79 Å².